The second kappa shape index (κ2) is 3.05. The third-order valence-corrected chi connectivity index (χ3v) is 2.60. The van der Waals surface area contributed by atoms with Crippen molar-refractivity contribution in [3.63, 3.8) is 0 Å². The van der Waals surface area contributed by atoms with Gasteiger partial charge in [-0.25, -0.2) is 0 Å². The molecular weight excluding hydrogens is 122 g/mol. The van der Waals surface area contributed by atoms with E-state index in [9.17, 15) is 0 Å². The summed E-state index contributed by atoms with van der Waals surface area (Å²) in [6.07, 6.45) is 3.56. The Hall–Kier alpha value is -0.510. The van der Waals surface area contributed by atoms with Crippen molar-refractivity contribution in [1.82, 2.24) is 0 Å². The largest absolute Gasteiger partial charge is 0.198 e. The molecule has 0 radical (unpaired) electrons. The van der Waals surface area contributed by atoms with Gasteiger partial charge >= 0.3 is 0 Å². The van der Waals surface area contributed by atoms with Crippen LogP contribution in [0.4, 0.5) is 0 Å². The smallest absolute Gasteiger partial charge is 0.0655 e. The van der Waals surface area contributed by atoms with Gasteiger partial charge in [0.05, 0.1) is 6.07 Å². The van der Waals surface area contributed by atoms with Crippen molar-refractivity contribution in [2.75, 3.05) is 0 Å². The number of hydrogen-bond donors (Lipinski definition) is 0. The Labute approximate surface area is 63.0 Å². The van der Waals surface area contributed by atoms with Gasteiger partial charge < -0.3 is 0 Å². The Morgan fingerprint density at radius 3 is 2.40 bits per heavy atom. The van der Waals surface area contributed by atoms with Crippen molar-refractivity contribution >= 4 is 0 Å². The number of nitrogens with zero attached hydrogens (tertiary/aromatic N) is 1. The molecule has 1 nitrogen and oxygen atoms in total. The quantitative estimate of drug-likeness (QED) is 0.545. The molecule has 10 heavy (non-hydrogen) atoms. The summed E-state index contributed by atoms with van der Waals surface area (Å²) >= 11 is 0. The highest BCUT2D eigenvalue weighted by Crippen LogP contribution is 2.34. The maximum atomic E-state index is 8.62. The van der Waals surface area contributed by atoms with E-state index in [1.165, 1.54) is 6.42 Å². The SMILES string of the molecule is CC(C)C1CC[C@H](C#N)C1. The second-order valence-corrected chi connectivity index (χ2v) is 3.64. The van der Waals surface area contributed by atoms with Gasteiger partial charge in [-0.05, 0) is 31.1 Å². The van der Waals surface area contributed by atoms with Crippen molar-refractivity contribution in [2.24, 2.45) is 17.8 Å². The molecule has 0 N–H and O–H groups in total. The van der Waals surface area contributed by atoms with Crippen LogP contribution >= 0.6 is 0 Å². The minimum absolute atomic E-state index is 0.368. The Morgan fingerprint density at radius 2 is 2.10 bits per heavy atom. The van der Waals surface area contributed by atoms with Crippen molar-refractivity contribution in [1.29, 1.82) is 5.26 Å². The van der Waals surface area contributed by atoms with E-state index >= 15 is 0 Å². The normalized spacial score (nSPS) is 32.6. The first-order chi connectivity index (χ1) is 4.74. The molecule has 0 bridgehead atoms. The van der Waals surface area contributed by atoms with E-state index in [1.807, 2.05) is 0 Å². The summed E-state index contributed by atoms with van der Waals surface area (Å²) in [5, 5.41) is 8.62. The summed E-state index contributed by atoms with van der Waals surface area (Å²) in [6, 6.07) is 2.35. The molecule has 0 saturated heterocycles. The van der Waals surface area contributed by atoms with Gasteiger partial charge in [-0.15, -0.1) is 0 Å². The Bertz CT molecular complexity index is 143. The standard InChI is InChI=1S/C9H15N/c1-7(2)9-4-3-8(5-9)6-10/h7-9H,3-5H2,1-2H3/t8-,9?/m0/s1. The first-order valence-electron chi connectivity index (χ1n) is 4.13. The molecular formula is C9H15N. The lowest BCUT2D eigenvalue weighted by molar-refractivity contribution is 0.390. The molecule has 1 saturated carbocycles. The maximum absolute atomic E-state index is 8.62. The summed E-state index contributed by atoms with van der Waals surface area (Å²) in [7, 11) is 0. The fourth-order valence-electron chi connectivity index (χ4n) is 1.74. The van der Waals surface area contributed by atoms with E-state index in [-0.39, 0.29) is 0 Å². The molecule has 1 aliphatic rings. The Morgan fingerprint density at radius 1 is 1.40 bits per heavy atom. The molecule has 0 heterocycles. The minimum Gasteiger partial charge on any atom is -0.198 e. The van der Waals surface area contributed by atoms with Crippen LogP contribution in [0, 0.1) is 29.1 Å². The van der Waals surface area contributed by atoms with Crippen LogP contribution in [-0.2, 0) is 0 Å². The van der Waals surface area contributed by atoms with Gasteiger partial charge in [0.2, 0.25) is 0 Å². The number of rotatable bonds is 1. The molecule has 0 aliphatic heterocycles. The lowest BCUT2D eigenvalue weighted by Gasteiger charge is -2.11. The molecule has 1 fully saturated rings. The zero-order valence-electron chi connectivity index (χ0n) is 6.80. The van der Waals surface area contributed by atoms with E-state index in [2.05, 4.69) is 19.9 Å². The van der Waals surface area contributed by atoms with Gasteiger partial charge in [-0.2, -0.15) is 5.26 Å². The molecule has 0 spiro atoms. The Kier molecular flexibility index (Phi) is 2.32. The molecule has 0 aromatic heterocycles. The molecule has 2 atom stereocenters. The highest BCUT2D eigenvalue weighted by Gasteiger charge is 2.26. The summed E-state index contributed by atoms with van der Waals surface area (Å²) < 4.78 is 0. The molecule has 0 amide bonds. The topological polar surface area (TPSA) is 23.8 Å². The molecule has 0 aromatic rings. The van der Waals surface area contributed by atoms with Crippen LogP contribution < -0.4 is 0 Å². The van der Waals surface area contributed by atoms with Gasteiger partial charge in [0.15, 0.2) is 0 Å². The lowest BCUT2D eigenvalue weighted by Crippen LogP contribution is -2.03. The van der Waals surface area contributed by atoms with Crippen LogP contribution in [0.5, 0.6) is 0 Å². The van der Waals surface area contributed by atoms with Gasteiger partial charge in [0.25, 0.3) is 0 Å². The Balaban J connectivity index is 2.37. The molecule has 1 unspecified atom stereocenters. The van der Waals surface area contributed by atoms with Crippen LogP contribution in [0.15, 0.2) is 0 Å². The maximum Gasteiger partial charge on any atom is 0.0655 e. The van der Waals surface area contributed by atoms with E-state index in [0.29, 0.717) is 5.92 Å². The van der Waals surface area contributed by atoms with Crippen molar-refractivity contribution < 1.29 is 0 Å². The number of nitriles is 1. The van der Waals surface area contributed by atoms with Crippen LogP contribution in [0.2, 0.25) is 0 Å². The first-order valence-corrected chi connectivity index (χ1v) is 4.13. The molecule has 0 aromatic carbocycles. The van der Waals surface area contributed by atoms with Crippen LogP contribution in [0.1, 0.15) is 33.1 Å². The zero-order chi connectivity index (χ0) is 7.56. The second-order valence-electron chi connectivity index (χ2n) is 3.64. The van der Waals surface area contributed by atoms with Crippen LogP contribution in [-0.4, -0.2) is 0 Å². The zero-order valence-corrected chi connectivity index (χ0v) is 6.80. The fraction of sp³-hybridized carbons (Fsp3) is 0.889. The molecule has 56 valence electrons. The summed E-state index contributed by atoms with van der Waals surface area (Å²) in [4.78, 5) is 0. The van der Waals surface area contributed by atoms with Crippen molar-refractivity contribution in [2.45, 2.75) is 33.1 Å². The predicted molar refractivity (Wildman–Crippen MR) is 41.3 cm³/mol. The third-order valence-electron chi connectivity index (χ3n) is 2.60. The van der Waals surface area contributed by atoms with Gasteiger partial charge in [-0.3, -0.25) is 0 Å². The van der Waals surface area contributed by atoms with Crippen LogP contribution in [0.25, 0.3) is 0 Å². The molecule has 1 heteroatoms. The van der Waals surface area contributed by atoms with E-state index < -0.39 is 0 Å². The minimum atomic E-state index is 0.368. The van der Waals surface area contributed by atoms with E-state index in [4.69, 9.17) is 5.26 Å². The lowest BCUT2D eigenvalue weighted by atomic mass is 9.94. The average molecular weight is 137 g/mol. The van der Waals surface area contributed by atoms with E-state index in [0.717, 1.165) is 24.7 Å². The van der Waals surface area contributed by atoms with Crippen LogP contribution in [0.3, 0.4) is 0 Å². The van der Waals surface area contributed by atoms with Crippen molar-refractivity contribution in [3.05, 3.63) is 0 Å². The highest BCUT2D eigenvalue weighted by atomic mass is 14.3. The highest BCUT2D eigenvalue weighted by molar-refractivity contribution is 4.90. The van der Waals surface area contributed by atoms with Gasteiger partial charge in [0, 0.05) is 5.92 Å². The average Bonchev–Trinajstić information content (AvgIpc) is 2.34. The summed E-state index contributed by atoms with van der Waals surface area (Å²) in [6.45, 7) is 4.51. The fourth-order valence-corrected chi connectivity index (χ4v) is 1.74. The first kappa shape index (κ1) is 7.60. The summed E-state index contributed by atoms with van der Waals surface area (Å²) in [5.41, 5.74) is 0. The predicted octanol–water partition coefficient (Wildman–Crippen LogP) is 2.58. The van der Waals surface area contributed by atoms with Gasteiger partial charge in [-0.1, -0.05) is 13.8 Å². The summed E-state index contributed by atoms with van der Waals surface area (Å²) in [5.74, 6) is 1.97. The van der Waals surface area contributed by atoms with E-state index in [1.54, 1.807) is 0 Å². The molecule has 1 aliphatic carbocycles. The van der Waals surface area contributed by atoms with Gasteiger partial charge in [0.1, 0.15) is 0 Å². The molecule has 1 rings (SSSR count). The number of hydrogen-bond acceptors (Lipinski definition) is 1. The van der Waals surface area contributed by atoms with Crippen molar-refractivity contribution in [3.8, 4) is 6.07 Å². The third kappa shape index (κ3) is 1.50. The monoisotopic (exact) mass is 137 g/mol.